The second-order valence-electron chi connectivity index (χ2n) is 14.1. The van der Waals surface area contributed by atoms with E-state index in [4.69, 9.17) is 9.97 Å². The molecular formula is C48H34N4PtSi. The van der Waals surface area contributed by atoms with Crippen LogP contribution in [0, 0.1) is 12.1 Å². The van der Waals surface area contributed by atoms with E-state index in [1.165, 1.54) is 43.6 Å². The number of aromatic nitrogens is 4. The molecule has 0 bridgehead atoms. The van der Waals surface area contributed by atoms with Gasteiger partial charge >= 0.3 is 21.1 Å². The predicted octanol–water partition coefficient (Wildman–Crippen LogP) is 11.2. The molecule has 0 aliphatic rings. The zero-order valence-electron chi connectivity index (χ0n) is 29.8. The zero-order valence-corrected chi connectivity index (χ0v) is 33.0. The Bertz CT molecular complexity index is 2940. The van der Waals surface area contributed by atoms with Gasteiger partial charge in [-0.2, -0.15) is 23.4 Å². The molecule has 54 heavy (non-hydrogen) atoms. The fraction of sp³-hybridized carbons (Fsp3) is 0.0417. The van der Waals surface area contributed by atoms with E-state index in [0.717, 1.165) is 44.6 Å². The van der Waals surface area contributed by atoms with E-state index >= 15 is 0 Å². The molecule has 4 heterocycles. The first-order valence-corrected chi connectivity index (χ1v) is 21.0. The molecule has 0 radical (unpaired) electrons. The van der Waals surface area contributed by atoms with E-state index in [9.17, 15) is 0 Å². The standard InChI is InChI=1S/C48H34N4Si.Pt/c1-53(2,37-17-12-16-36(32-37)51-45-23-10-8-21-41(45)43-22-13-28-50-48(43)51)52-46-24-11-9-20-40(46)42-26-25-35(31-47(42)52)44-30-34(27-29-49-44)39-19-7-6-18-38(39)33-14-4-3-5-15-33;/h3-30H,1-2H3;/q-2;+2. The van der Waals surface area contributed by atoms with Gasteiger partial charge in [0.2, 0.25) is 0 Å². The third-order valence-corrected chi connectivity index (χ3v) is 13.8. The largest absolute Gasteiger partial charge is 2.00 e. The summed E-state index contributed by atoms with van der Waals surface area (Å²) in [5, 5.41) is 5.96. The molecular weight excluding hydrogens is 856 g/mol. The van der Waals surface area contributed by atoms with Gasteiger partial charge in [-0.1, -0.05) is 108 Å². The third-order valence-electron chi connectivity index (χ3n) is 10.6. The van der Waals surface area contributed by atoms with Crippen LogP contribution in [0.4, 0.5) is 0 Å². The Hall–Kier alpha value is -5.87. The third kappa shape index (κ3) is 5.46. The molecule has 0 aliphatic carbocycles. The van der Waals surface area contributed by atoms with Crippen LogP contribution in [-0.4, -0.2) is 27.0 Å². The minimum atomic E-state index is -2.47. The van der Waals surface area contributed by atoms with Crippen LogP contribution in [0.1, 0.15) is 0 Å². The number of pyridine rings is 2. The molecule has 0 N–H and O–H groups in total. The molecule has 0 amide bonds. The van der Waals surface area contributed by atoms with Crippen molar-refractivity contribution >= 4 is 57.2 Å². The molecule has 10 rings (SSSR count). The second-order valence-corrected chi connectivity index (χ2v) is 18.2. The van der Waals surface area contributed by atoms with Gasteiger partial charge in [0.1, 0.15) is 5.65 Å². The number of hydrogen-bond acceptors (Lipinski definition) is 2. The van der Waals surface area contributed by atoms with Crippen LogP contribution in [-0.2, 0) is 21.1 Å². The summed E-state index contributed by atoms with van der Waals surface area (Å²) in [6.45, 7) is 4.83. The van der Waals surface area contributed by atoms with Gasteiger partial charge in [-0.15, -0.1) is 29.8 Å². The normalized spacial score (nSPS) is 11.7. The van der Waals surface area contributed by atoms with Gasteiger partial charge in [0.15, 0.2) is 8.24 Å². The van der Waals surface area contributed by atoms with Crippen molar-refractivity contribution in [3.8, 4) is 39.2 Å². The van der Waals surface area contributed by atoms with Crippen LogP contribution in [0.5, 0.6) is 0 Å². The zero-order chi connectivity index (χ0) is 35.5. The van der Waals surface area contributed by atoms with Gasteiger partial charge in [-0.3, -0.25) is 0 Å². The molecule has 260 valence electrons. The second kappa shape index (κ2) is 13.5. The summed E-state index contributed by atoms with van der Waals surface area (Å²) in [7, 11) is -2.47. The first-order chi connectivity index (χ1) is 26.1. The minimum Gasteiger partial charge on any atom is -0.382 e. The summed E-state index contributed by atoms with van der Waals surface area (Å²) in [4.78, 5) is 9.73. The molecule has 10 aromatic rings. The number of para-hydroxylation sites is 2. The Labute approximate surface area is 329 Å². The maximum absolute atomic E-state index is 4.89. The molecule has 0 atom stereocenters. The van der Waals surface area contributed by atoms with Gasteiger partial charge in [0.25, 0.3) is 0 Å². The van der Waals surface area contributed by atoms with E-state index in [-0.39, 0.29) is 21.1 Å². The SMILES string of the molecule is C[Si](C)(c1[c-]c(-n2c3ccccc3c3cccnc32)ccc1)n1c2[c-]c(-c3cc(-c4ccccc4-c4ccccc4)ccn3)ccc2c2ccccc21.[Pt+2]. The summed E-state index contributed by atoms with van der Waals surface area (Å²) in [5.74, 6) is 0. The topological polar surface area (TPSA) is 35.6 Å². The van der Waals surface area contributed by atoms with Crippen molar-refractivity contribution in [2.45, 2.75) is 13.1 Å². The van der Waals surface area contributed by atoms with Crippen LogP contribution in [0.3, 0.4) is 0 Å². The Morgan fingerprint density at radius 1 is 0.519 bits per heavy atom. The first kappa shape index (κ1) is 33.9. The van der Waals surface area contributed by atoms with Gasteiger partial charge in [-0.25, -0.2) is 4.98 Å². The number of nitrogens with zero attached hydrogens (tertiary/aromatic N) is 4. The van der Waals surface area contributed by atoms with Crippen molar-refractivity contribution in [3.63, 3.8) is 0 Å². The number of fused-ring (bicyclic) bond motifs is 6. The maximum Gasteiger partial charge on any atom is 2.00 e. The van der Waals surface area contributed by atoms with E-state index in [0.29, 0.717) is 0 Å². The van der Waals surface area contributed by atoms with E-state index in [1.807, 2.05) is 18.5 Å². The van der Waals surface area contributed by atoms with E-state index in [2.05, 4.69) is 186 Å². The van der Waals surface area contributed by atoms with Crippen LogP contribution >= 0.6 is 0 Å². The predicted molar refractivity (Wildman–Crippen MR) is 222 cm³/mol. The van der Waals surface area contributed by atoms with Crippen LogP contribution < -0.4 is 5.19 Å². The molecule has 0 spiro atoms. The van der Waals surface area contributed by atoms with Crippen molar-refractivity contribution < 1.29 is 21.1 Å². The summed E-state index contributed by atoms with van der Waals surface area (Å²) < 4.78 is 4.82. The van der Waals surface area contributed by atoms with Gasteiger partial charge in [0.05, 0.1) is 5.52 Å². The summed E-state index contributed by atoms with van der Waals surface area (Å²) in [6.07, 6.45) is 3.79. The molecule has 0 saturated carbocycles. The minimum absolute atomic E-state index is 0. The Balaban J connectivity index is 0.00000384. The van der Waals surface area contributed by atoms with Gasteiger partial charge < -0.3 is 13.8 Å². The number of benzene rings is 6. The average Bonchev–Trinajstić information content (AvgIpc) is 3.74. The molecule has 4 aromatic heterocycles. The van der Waals surface area contributed by atoms with Crippen molar-refractivity contribution in [2.24, 2.45) is 0 Å². The molecule has 4 nitrogen and oxygen atoms in total. The van der Waals surface area contributed by atoms with Crippen molar-refractivity contribution in [1.29, 1.82) is 0 Å². The average molecular weight is 890 g/mol. The van der Waals surface area contributed by atoms with E-state index < -0.39 is 8.24 Å². The van der Waals surface area contributed by atoms with Crippen LogP contribution in [0.2, 0.25) is 13.1 Å². The first-order valence-electron chi connectivity index (χ1n) is 18.0. The van der Waals surface area contributed by atoms with Crippen molar-refractivity contribution in [3.05, 3.63) is 182 Å². The fourth-order valence-corrected chi connectivity index (χ4v) is 10.8. The monoisotopic (exact) mass is 889 g/mol. The summed E-state index contributed by atoms with van der Waals surface area (Å²) in [6, 6.07) is 63.7. The molecule has 6 aromatic carbocycles. The van der Waals surface area contributed by atoms with Gasteiger partial charge in [-0.05, 0) is 82.3 Å². The number of hydrogen-bond donors (Lipinski definition) is 0. The van der Waals surface area contributed by atoms with Crippen molar-refractivity contribution in [2.75, 3.05) is 0 Å². The molecule has 0 saturated heterocycles. The fourth-order valence-electron chi connectivity index (χ4n) is 8.08. The Morgan fingerprint density at radius 2 is 1.20 bits per heavy atom. The molecule has 0 aliphatic heterocycles. The molecule has 6 heteroatoms. The summed E-state index contributed by atoms with van der Waals surface area (Å²) >= 11 is 0. The Morgan fingerprint density at radius 3 is 2.02 bits per heavy atom. The smallest absolute Gasteiger partial charge is 0.382 e. The van der Waals surface area contributed by atoms with Gasteiger partial charge in [0, 0.05) is 28.7 Å². The van der Waals surface area contributed by atoms with Crippen LogP contribution in [0.15, 0.2) is 170 Å². The number of rotatable bonds is 6. The van der Waals surface area contributed by atoms with E-state index in [1.54, 1.807) is 0 Å². The maximum atomic E-state index is 4.89. The quantitative estimate of drug-likeness (QED) is 0.123. The van der Waals surface area contributed by atoms with Crippen molar-refractivity contribution in [1.82, 2.24) is 18.8 Å². The molecule has 0 fully saturated rings. The summed E-state index contributed by atoms with van der Waals surface area (Å²) in [5.41, 5.74) is 11.9. The Kier molecular flexibility index (Phi) is 8.49. The van der Waals surface area contributed by atoms with Crippen LogP contribution in [0.25, 0.3) is 82.9 Å². The molecule has 0 unspecified atom stereocenters.